The van der Waals surface area contributed by atoms with Crippen molar-refractivity contribution in [3.05, 3.63) is 53.7 Å². The number of ether oxygens (including phenoxy) is 1. The van der Waals surface area contributed by atoms with Gasteiger partial charge in [-0.05, 0) is 42.5 Å². The average Bonchev–Trinajstić information content (AvgIpc) is 3.23. The van der Waals surface area contributed by atoms with Gasteiger partial charge >= 0.3 is 0 Å². The largest absolute Gasteiger partial charge is 0.377 e. The number of nitrogens with one attached hydrogen (secondary N) is 1. The Morgan fingerprint density at radius 1 is 1.11 bits per heavy atom. The molecule has 1 aliphatic rings. The van der Waals surface area contributed by atoms with Crippen LogP contribution < -0.4 is 5.32 Å². The molecule has 146 valence electrons. The van der Waals surface area contributed by atoms with Gasteiger partial charge in [-0.3, -0.25) is 0 Å². The summed E-state index contributed by atoms with van der Waals surface area (Å²) < 4.78 is 32.3. The summed E-state index contributed by atoms with van der Waals surface area (Å²) in [6, 6.07) is 11.5. The van der Waals surface area contributed by atoms with E-state index in [2.05, 4.69) is 29.4 Å². The first-order chi connectivity index (χ1) is 13.1. The molecule has 0 radical (unpaired) electrons. The van der Waals surface area contributed by atoms with Crippen molar-refractivity contribution in [2.24, 2.45) is 0 Å². The van der Waals surface area contributed by atoms with Gasteiger partial charge in [0, 0.05) is 32.4 Å². The van der Waals surface area contributed by atoms with Gasteiger partial charge in [0.25, 0.3) is 0 Å². The second-order valence-corrected chi connectivity index (χ2v) is 8.60. The van der Waals surface area contributed by atoms with Gasteiger partial charge in [0.1, 0.15) is 10.7 Å². The third kappa shape index (κ3) is 5.06. The van der Waals surface area contributed by atoms with E-state index in [1.165, 1.54) is 10.5 Å². The Hall–Kier alpha value is -1.96. The summed E-state index contributed by atoms with van der Waals surface area (Å²) in [4.78, 5) is 4.54. The summed E-state index contributed by atoms with van der Waals surface area (Å²) in [5.74, 6) is 0.652. The number of hydrogen-bond acceptors (Lipinski definition) is 5. The van der Waals surface area contributed by atoms with Crippen LogP contribution in [0.5, 0.6) is 0 Å². The maximum Gasteiger partial charge on any atom is 0.244 e. The lowest BCUT2D eigenvalue weighted by Crippen LogP contribution is -2.27. The molecule has 1 aromatic heterocycles. The molecular weight excluding hydrogens is 362 g/mol. The molecule has 0 aliphatic carbocycles. The third-order valence-corrected chi connectivity index (χ3v) is 6.51. The fourth-order valence-electron chi connectivity index (χ4n) is 3.10. The summed E-state index contributed by atoms with van der Waals surface area (Å²) in [7, 11) is -3.42. The van der Waals surface area contributed by atoms with Gasteiger partial charge in [-0.2, -0.15) is 4.31 Å². The Kier molecular flexibility index (Phi) is 6.82. The van der Waals surface area contributed by atoms with Gasteiger partial charge in [-0.25, -0.2) is 13.4 Å². The first-order valence-corrected chi connectivity index (χ1v) is 10.9. The maximum absolute atomic E-state index is 12.5. The summed E-state index contributed by atoms with van der Waals surface area (Å²) in [6.45, 7) is 5.23. The number of hydrogen-bond donors (Lipinski definition) is 1. The van der Waals surface area contributed by atoms with Crippen LogP contribution in [0.15, 0.2) is 47.5 Å². The molecule has 27 heavy (non-hydrogen) atoms. The van der Waals surface area contributed by atoms with Gasteiger partial charge in [-0.1, -0.05) is 31.2 Å². The van der Waals surface area contributed by atoms with Gasteiger partial charge < -0.3 is 10.1 Å². The van der Waals surface area contributed by atoms with E-state index in [0.29, 0.717) is 32.1 Å². The van der Waals surface area contributed by atoms with Crippen molar-refractivity contribution >= 4 is 15.8 Å². The lowest BCUT2D eigenvalue weighted by molar-refractivity contribution is 0.121. The van der Waals surface area contributed by atoms with Gasteiger partial charge in [0.05, 0.1) is 6.61 Å². The predicted octanol–water partition coefficient (Wildman–Crippen LogP) is 3.40. The van der Waals surface area contributed by atoms with Crippen LogP contribution in [0.3, 0.4) is 0 Å². The summed E-state index contributed by atoms with van der Waals surface area (Å²) in [5, 5.41) is 3.26. The van der Waals surface area contributed by atoms with E-state index in [0.717, 1.165) is 37.0 Å². The van der Waals surface area contributed by atoms with Crippen molar-refractivity contribution in [3.63, 3.8) is 0 Å². The number of pyridine rings is 1. The zero-order valence-electron chi connectivity index (χ0n) is 15.7. The van der Waals surface area contributed by atoms with Crippen molar-refractivity contribution in [1.29, 1.82) is 0 Å². The van der Waals surface area contributed by atoms with Crippen LogP contribution in [0, 0.1) is 0 Å². The zero-order chi connectivity index (χ0) is 19.1. The monoisotopic (exact) mass is 389 g/mol. The fraction of sp³-hybridized carbons (Fsp3) is 0.450. The van der Waals surface area contributed by atoms with E-state index < -0.39 is 10.0 Å². The van der Waals surface area contributed by atoms with E-state index in [1.807, 2.05) is 12.1 Å². The summed E-state index contributed by atoms with van der Waals surface area (Å²) >= 11 is 0. The van der Waals surface area contributed by atoms with Crippen LogP contribution in [0.2, 0.25) is 0 Å². The van der Waals surface area contributed by atoms with Crippen LogP contribution in [-0.2, 0) is 27.9 Å². The van der Waals surface area contributed by atoms with Crippen molar-refractivity contribution < 1.29 is 13.2 Å². The number of nitrogens with zero attached hydrogens (tertiary/aromatic N) is 2. The summed E-state index contributed by atoms with van der Waals surface area (Å²) in [5.41, 5.74) is 2.29. The lowest BCUT2D eigenvalue weighted by atomic mass is 10.1. The fourth-order valence-corrected chi connectivity index (χ4v) is 4.56. The van der Waals surface area contributed by atoms with Crippen LogP contribution in [0.4, 0.5) is 5.82 Å². The second-order valence-electron chi connectivity index (χ2n) is 6.67. The molecule has 1 aromatic carbocycles. The topological polar surface area (TPSA) is 71.5 Å². The number of aromatic nitrogens is 1. The van der Waals surface area contributed by atoms with Crippen LogP contribution >= 0.6 is 0 Å². The molecular formula is C20H27N3O3S. The molecule has 0 atom stereocenters. The molecule has 0 unspecified atom stereocenters. The predicted molar refractivity (Wildman–Crippen MR) is 106 cm³/mol. The lowest BCUT2D eigenvalue weighted by Gasteiger charge is -2.15. The average molecular weight is 390 g/mol. The van der Waals surface area contributed by atoms with Crippen LogP contribution in [0.25, 0.3) is 0 Å². The molecule has 3 rings (SSSR count). The number of anilines is 1. The molecule has 0 saturated carbocycles. The molecule has 1 aliphatic heterocycles. The van der Waals surface area contributed by atoms with E-state index in [4.69, 9.17) is 4.74 Å². The van der Waals surface area contributed by atoms with E-state index in [9.17, 15) is 8.42 Å². The minimum atomic E-state index is -3.42. The molecule has 7 heteroatoms. The molecule has 0 bridgehead atoms. The highest BCUT2D eigenvalue weighted by molar-refractivity contribution is 7.89. The van der Waals surface area contributed by atoms with Gasteiger partial charge in [0.15, 0.2) is 0 Å². The standard InChI is InChI=1S/C20H27N3O3S/c1-2-13-26-16-18-8-4-3-7-17(18)14-21-20-10-9-19(15-22-20)27(24,25)23-11-5-6-12-23/h3-4,7-10,15H,2,5-6,11-14,16H2,1H3,(H,21,22). The van der Waals surface area contributed by atoms with E-state index >= 15 is 0 Å². The first kappa shape index (κ1) is 19.8. The minimum absolute atomic E-state index is 0.253. The molecule has 1 fully saturated rings. The second kappa shape index (κ2) is 9.30. The SMILES string of the molecule is CCCOCc1ccccc1CNc1ccc(S(=O)(=O)N2CCCC2)cn1. The normalized spacial score (nSPS) is 15.1. The first-order valence-electron chi connectivity index (χ1n) is 9.46. The Labute approximate surface area is 161 Å². The van der Waals surface area contributed by atoms with E-state index in [1.54, 1.807) is 12.1 Å². The van der Waals surface area contributed by atoms with Crippen LogP contribution in [-0.4, -0.2) is 37.4 Å². The minimum Gasteiger partial charge on any atom is -0.377 e. The Morgan fingerprint density at radius 2 is 1.85 bits per heavy atom. The summed E-state index contributed by atoms with van der Waals surface area (Å²) in [6.07, 6.45) is 4.28. The third-order valence-electron chi connectivity index (χ3n) is 4.62. The molecule has 0 amide bonds. The zero-order valence-corrected chi connectivity index (χ0v) is 16.5. The number of benzene rings is 1. The van der Waals surface area contributed by atoms with Crippen molar-refractivity contribution in [2.75, 3.05) is 25.0 Å². The highest BCUT2D eigenvalue weighted by Gasteiger charge is 2.27. The Balaban J connectivity index is 1.62. The van der Waals surface area contributed by atoms with Crippen molar-refractivity contribution in [2.45, 2.75) is 44.2 Å². The molecule has 6 nitrogen and oxygen atoms in total. The van der Waals surface area contributed by atoms with Crippen molar-refractivity contribution in [1.82, 2.24) is 9.29 Å². The smallest absolute Gasteiger partial charge is 0.244 e. The maximum atomic E-state index is 12.5. The quantitative estimate of drug-likeness (QED) is 0.666. The highest BCUT2D eigenvalue weighted by atomic mass is 32.2. The Bertz CT molecular complexity index is 832. The van der Waals surface area contributed by atoms with Crippen LogP contribution in [0.1, 0.15) is 37.3 Å². The molecule has 1 N–H and O–H groups in total. The number of rotatable bonds is 9. The molecule has 2 aromatic rings. The van der Waals surface area contributed by atoms with Gasteiger partial charge in [-0.15, -0.1) is 0 Å². The van der Waals surface area contributed by atoms with E-state index in [-0.39, 0.29) is 4.90 Å². The molecule has 2 heterocycles. The van der Waals surface area contributed by atoms with Crippen molar-refractivity contribution in [3.8, 4) is 0 Å². The number of sulfonamides is 1. The Morgan fingerprint density at radius 3 is 2.52 bits per heavy atom. The molecule has 1 saturated heterocycles. The van der Waals surface area contributed by atoms with Gasteiger partial charge in [0.2, 0.25) is 10.0 Å². The molecule has 0 spiro atoms. The highest BCUT2D eigenvalue weighted by Crippen LogP contribution is 2.21.